The zero-order valence-electron chi connectivity index (χ0n) is 42.8. The Bertz CT molecular complexity index is 2080. The third-order valence-corrected chi connectivity index (χ3v) is 14.6. The summed E-state index contributed by atoms with van der Waals surface area (Å²) in [7, 11) is 3.49. The second-order valence-electron chi connectivity index (χ2n) is 14.5. The van der Waals surface area contributed by atoms with Crippen LogP contribution in [0.15, 0.2) is 58.2 Å². The number of rotatable bonds is 24. The second-order valence-corrected chi connectivity index (χ2v) is 22.3. The molecule has 2 heterocycles. The van der Waals surface area contributed by atoms with E-state index in [1.54, 1.807) is 84.3 Å². The van der Waals surface area contributed by atoms with Gasteiger partial charge >= 0.3 is 127 Å². The fourth-order valence-corrected chi connectivity index (χ4v) is 10.6. The molecule has 0 saturated heterocycles. The van der Waals surface area contributed by atoms with Crippen LogP contribution < -0.4 is 118 Å². The molecule has 0 bridgehead atoms. The van der Waals surface area contributed by atoms with Crippen molar-refractivity contribution in [1.29, 1.82) is 0 Å². The van der Waals surface area contributed by atoms with Gasteiger partial charge < -0.3 is 40.2 Å². The first-order valence-corrected chi connectivity index (χ1v) is 27.3. The monoisotopic (exact) mass is 1110 g/mol. The molecule has 0 aliphatic heterocycles. The molecule has 0 aliphatic carbocycles. The minimum atomic E-state index is -3.62. The van der Waals surface area contributed by atoms with Crippen molar-refractivity contribution in [2.24, 2.45) is 0 Å². The Morgan fingerprint density at radius 2 is 1.10 bits per heavy atom. The van der Waals surface area contributed by atoms with E-state index in [0.717, 1.165) is 43.4 Å². The van der Waals surface area contributed by atoms with Crippen LogP contribution in [0.2, 0.25) is 0 Å². The number of aromatic nitrogens is 2. The summed E-state index contributed by atoms with van der Waals surface area (Å²) in [5.41, 5.74) is 0.496. The third-order valence-electron chi connectivity index (χ3n) is 7.92. The Morgan fingerprint density at radius 1 is 0.710 bits per heavy atom. The third kappa shape index (κ3) is 32.7. The van der Waals surface area contributed by atoms with Crippen LogP contribution >= 0.6 is 43.2 Å². The van der Waals surface area contributed by atoms with Crippen LogP contribution in [-0.4, -0.2) is 110 Å². The van der Waals surface area contributed by atoms with Gasteiger partial charge in [0.25, 0.3) is 16.6 Å². The molecular weight excluding hydrogens is 1050 g/mol. The van der Waals surface area contributed by atoms with Crippen LogP contribution in [0, 0.1) is 6.92 Å². The van der Waals surface area contributed by atoms with Crippen LogP contribution in [0.1, 0.15) is 130 Å². The van der Waals surface area contributed by atoms with Crippen molar-refractivity contribution < 1.29 is 175 Å². The fourth-order valence-electron chi connectivity index (χ4n) is 5.05. The molecule has 0 saturated carbocycles. The summed E-state index contributed by atoms with van der Waals surface area (Å²) < 4.78 is 54.4. The molecule has 3 rings (SSSR count). The molecular formula is C44H64K2N2O16S5. The number of nitrogens with one attached hydrogen (secondary N) is 1. The van der Waals surface area contributed by atoms with Crippen molar-refractivity contribution in [1.82, 2.24) is 9.97 Å². The second kappa shape index (κ2) is 40.4. The zero-order chi connectivity index (χ0) is 51.1. The summed E-state index contributed by atoms with van der Waals surface area (Å²) in [6.07, 6.45) is 7.59. The van der Waals surface area contributed by atoms with Crippen LogP contribution in [0.5, 0.6) is 5.75 Å². The number of carbonyl (C=O) groups excluding carboxylic acids is 5. The normalized spacial score (nSPS) is 10.6. The van der Waals surface area contributed by atoms with Gasteiger partial charge in [-0.25, -0.2) is 24.2 Å². The van der Waals surface area contributed by atoms with Crippen LogP contribution in [0.25, 0.3) is 0 Å². The number of benzene rings is 1. The molecule has 3 aromatic rings. The Hall–Kier alpha value is -0.987. The zero-order valence-corrected chi connectivity index (χ0v) is 52.1. The van der Waals surface area contributed by atoms with E-state index < -0.39 is 39.4 Å². The van der Waals surface area contributed by atoms with Crippen molar-refractivity contribution in [2.75, 3.05) is 52.2 Å². The molecule has 0 spiro atoms. The molecule has 0 amide bonds. The molecule has 2 aromatic heterocycles. The smallest absolute Gasteiger partial charge is 1.00 e. The van der Waals surface area contributed by atoms with Crippen molar-refractivity contribution in [3.8, 4) is 5.75 Å². The van der Waals surface area contributed by atoms with Crippen molar-refractivity contribution in [3.05, 3.63) is 87.1 Å². The number of nitrogens with zero attached hydrogens (tertiary/aromatic N) is 1. The number of esters is 4. The molecule has 0 radical (unpaired) electrons. The Labute approximate surface area is 508 Å². The van der Waals surface area contributed by atoms with Crippen LogP contribution in [-0.2, 0) is 42.9 Å². The summed E-state index contributed by atoms with van der Waals surface area (Å²) in [5, 5.41) is 8.43. The van der Waals surface area contributed by atoms with E-state index in [1.807, 2.05) is 24.0 Å². The number of ether oxygens (including phenoxy) is 5. The number of carbonyl (C=O) groups is 5. The number of H-pyrrole nitrogens is 1. The van der Waals surface area contributed by atoms with Gasteiger partial charge in [0.1, 0.15) is 17.1 Å². The molecule has 18 nitrogen and oxygen atoms in total. The van der Waals surface area contributed by atoms with E-state index in [1.165, 1.54) is 12.1 Å². The van der Waals surface area contributed by atoms with E-state index in [2.05, 4.69) is 48.8 Å². The van der Waals surface area contributed by atoms with E-state index in [4.69, 9.17) is 37.9 Å². The standard InChI is InChI=1S/C18H27NO5S2.C14H22O3S3.C11H13NO5.CH2O3.2K.H/c1-6-22-16(20)14-11-13(12-15(19-14)17(21)23-7-2)24-10-8-9-18(3,4)26-25-5;1-12-6-8-13(9-7-12)20(15,16)17-11-5-10-14(2,3)19-18-4;1-3-16-10(14)8-5-7(13)6-9(12-8)11(15)17-4-2;2-1-4-3;;;/h11-12H,6-10H2,1-5H3;6-9H,5,10-11H2,1-4H3;5-6H,3-4H2,1-2H3,(H,12,13);1,3H;;;/q;;;;2*+1;-1/p-1. The first-order valence-electron chi connectivity index (χ1n) is 20.8. The van der Waals surface area contributed by atoms with Gasteiger partial charge in [-0.3, -0.25) is 13.8 Å². The van der Waals surface area contributed by atoms with Gasteiger partial charge in [-0.1, -0.05) is 60.9 Å². The molecule has 1 N–H and O–H groups in total. The number of aromatic amines is 1. The maximum atomic E-state index is 12.0. The fraction of sp³-hybridized carbons (Fsp3) is 0.523. The van der Waals surface area contributed by atoms with Gasteiger partial charge in [0.2, 0.25) is 0 Å². The van der Waals surface area contributed by atoms with E-state index in [0.29, 0.717) is 12.4 Å². The first kappa shape index (κ1) is 72.3. The summed E-state index contributed by atoms with van der Waals surface area (Å²) in [6.45, 7) is 18.7. The number of hydrogen-bond donors (Lipinski definition) is 1. The minimum Gasteiger partial charge on any atom is -1.00 e. The quantitative estimate of drug-likeness (QED) is 0.0155. The van der Waals surface area contributed by atoms with Gasteiger partial charge in [0, 0.05) is 33.8 Å². The average molecular weight is 1120 g/mol. The SMILES string of the molecule is CCOC(=O)c1cc(=O)cc(C(=O)OCC)[nH]1.CCOC(=O)c1cc(OCCCC(C)(C)SSC)cc(C(=O)OCC)n1.CSSC(C)(C)CCCOS(=O)(=O)c1ccc(C)cc1.O=CO[O-].[H-].[K+].[K+]. The summed E-state index contributed by atoms with van der Waals surface area (Å²) in [4.78, 5) is 76.0. The van der Waals surface area contributed by atoms with Gasteiger partial charge in [0.05, 0.1) is 44.5 Å². The maximum absolute atomic E-state index is 12.0. The molecule has 1 aromatic carbocycles. The van der Waals surface area contributed by atoms with E-state index >= 15 is 0 Å². The molecule has 0 atom stereocenters. The van der Waals surface area contributed by atoms with Crippen molar-refractivity contribution in [3.63, 3.8) is 0 Å². The molecule has 378 valence electrons. The summed E-state index contributed by atoms with van der Waals surface area (Å²) >= 11 is 0. The van der Waals surface area contributed by atoms with Gasteiger partial charge in [0.15, 0.2) is 16.8 Å². The Kier molecular flexibility index (Phi) is 42.3. The van der Waals surface area contributed by atoms with Gasteiger partial charge in [-0.05, 0) is 113 Å². The first-order chi connectivity index (χ1) is 31.6. The van der Waals surface area contributed by atoms with Crippen LogP contribution in [0.3, 0.4) is 0 Å². The Morgan fingerprint density at radius 3 is 1.48 bits per heavy atom. The maximum Gasteiger partial charge on any atom is 1.00 e. The predicted octanol–water partition coefficient (Wildman–Crippen LogP) is 1.94. The van der Waals surface area contributed by atoms with Gasteiger partial charge in [-0.15, -0.1) is 0 Å². The van der Waals surface area contributed by atoms with Gasteiger partial charge in [-0.2, -0.15) is 8.42 Å². The average Bonchev–Trinajstić information content (AvgIpc) is 3.27. The summed E-state index contributed by atoms with van der Waals surface area (Å²) in [6, 6.07) is 11.8. The molecule has 69 heavy (non-hydrogen) atoms. The van der Waals surface area contributed by atoms with Crippen molar-refractivity contribution >= 4 is 83.6 Å². The molecule has 0 aliphatic rings. The largest absolute Gasteiger partial charge is 1.00 e. The predicted molar refractivity (Wildman–Crippen MR) is 262 cm³/mol. The van der Waals surface area contributed by atoms with Crippen LogP contribution in [0.4, 0.5) is 0 Å². The molecule has 0 unspecified atom stereocenters. The summed E-state index contributed by atoms with van der Waals surface area (Å²) in [5.74, 6) is -2.16. The van der Waals surface area contributed by atoms with Crippen molar-refractivity contribution in [2.45, 2.75) is 102 Å². The topological polar surface area (TPSA) is 253 Å². The number of pyridine rings is 2. The number of hydrogen-bond acceptors (Lipinski definition) is 21. The van der Waals surface area contributed by atoms with E-state index in [9.17, 15) is 32.4 Å². The van der Waals surface area contributed by atoms with E-state index in [-0.39, 0.29) is 181 Å². The minimum absolute atomic E-state index is 0. The molecule has 25 heteroatoms. The molecule has 0 fully saturated rings. The Balaban J connectivity index is -0.000000448. The number of aryl methyl sites for hydroxylation is 1.